The summed E-state index contributed by atoms with van der Waals surface area (Å²) in [5.74, 6) is 0.619. The SMILES string of the molecule is C=CCNC(=O)CN1CCN(C(=O)C2CCCCC2)CC1. The molecule has 5 nitrogen and oxygen atoms in total. The molecule has 0 aromatic rings. The Labute approximate surface area is 127 Å². The van der Waals surface area contributed by atoms with Gasteiger partial charge in [-0.15, -0.1) is 6.58 Å². The standard InChI is InChI=1S/C16H27N3O2/c1-2-8-17-15(20)13-18-9-11-19(12-10-18)16(21)14-6-4-3-5-7-14/h2,14H,1,3-13H2,(H,17,20). The Kier molecular flexibility index (Phi) is 6.23. The van der Waals surface area contributed by atoms with Crippen molar-refractivity contribution in [1.82, 2.24) is 15.1 Å². The molecule has 0 bridgehead atoms. The molecule has 5 heteroatoms. The van der Waals surface area contributed by atoms with Crippen molar-refractivity contribution >= 4 is 11.8 Å². The molecule has 2 aliphatic rings. The minimum Gasteiger partial charge on any atom is -0.352 e. The number of piperazine rings is 1. The topological polar surface area (TPSA) is 52.7 Å². The van der Waals surface area contributed by atoms with Gasteiger partial charge in [0.15, 0.2) is 0 Å². The van der Waals surface area contributed by atoms with E-state index in [1.165, 1.54) is 19.3 Å². The summed E-state index contributed by atoms with van der Waals surface area (Å²) in [6.07, 6.45) is 7.46. The summed E-state index contributed by atoms with van der Waals surface area (Å²) in [6, 6.07) is 0. The van der Waals surface area contributed by atoms with Gasteiger partial charge >= 0.3 is 0 Å². The van der Waals surface area contributed by atoms with Crippen molar-refractivity contribution in [2.45, 2.75) is 32.1 Å². The van der Waals surface area contributed by atoms with Crippen LogP contribution < -0.4 is 5.32 Å². The summed E-state index contributed by atoms with van der Waals surface area (Å²) in [5.41, 5.74) is 0. The zero-order valence-corrected chi connectivity index (χ0v) is 12.9. The summed E-state index contributed by atoms with van der Waals surface area (Å²) >= 11 is 0. The van der Waals surface area contributed by atoms with Gasteiger partial charge in [-0.1, -0.05) is 25.3 Å². The Morgan fingerprint density at radius 2 is 1.76 bits per heavy atom. The first kappa shape index (κ1) is 16.0. The van der Waals surface area contributed by atoms with Crippen molar-refractivity contribution in [3.05, 3.63) is 12.7 Å². The van der Waals surface area contributed by atoms with Crippen LogP contribution in [0.4, 0.5) is 0 Å². The molecule has 2 fully saturated rings. The predicted octanol–water partition coefficient (Wildman–Crippen LogP) is 1.01. The van der Waals surface area contributed by atoms with Crippen LogP contribution in [0.5, 0.6) is 0 Å². The Bertz CT molecular complexity index is 370. The van der Waals surface area contributed by atoms with E-state index >= 15 is 0 Å². The lowest BCUT2D eigenvalue weighted by molar-refractivity contribution is -0.138. The first-order chi connectivity index (χ1) is 10.2. The Balaban J connectivity index is 1.71. The summed E-state index contributed by atoms with van der Waals surface area (Å²) in [7, 11) is 0. The summed E-state index contributed by atoms with van der Waals surface area (Å²) in [4.78, 5) is 28.2. The molecule has 0 spiro atoms. The van der Waals surface area contributed by atoms with Gasteiger partial charge in [0.05, 0.1) is 6.54 Å². The van der Waals surface area contributed by atoms with Crippen molar-refractivity contribution in [3.8, 4) is 0 Å². The van der Waals surface area contributed by atoms with E-state index in [1.807, 2.05) is 4.90 Å². The van der Waals surface area contributed by atoms with E-state index < -0.39 is 0 Å². The van der Waals surface area contributed by atoms with E-state index in [0.717, 1.165) is 39.0 Å². The maximum absolute atomic E-state index is 12.4. The third-order valence-corrected chi connectivity index (χ3v) is 4.45. The Hall–Kier alpha value is -1.36. The van der Waals surface area contributed by atoms with Gasteiger partial charge in [-0.3, -0.25) is 14.5 Å². The molecule has 118 valence electrons. The van der Waals surface area contributed by atoms with Crippen molar-refractivity contribution < 1.29 is 9.59 Å². The average molecular weight is 293 g/mol. The van der Waals surface area contributed by atoms with Crippen LogP contribution in [-0.4, -0.2) is 60.9 Å². The van der Waals surface area contributed by atoms with Gasteiger partial charge in [0, 0.05) is 38.6 Å². The number of nitrogens with one attached hydrogen (secondary N) is 1. The third-order valence-electron chi connectivity index (χ3n) is 4.45. The van der Waals surface area contributed by atoms with Crippen LogP contribution in [0.1, 0.15) is 32.1 Å². The summed E-state index contributed by atoms with van der Waals surface area (Å²) in [5, 5.41) is 2.79. The molecule has 1 aliphatic heterocycles. The molecule has 0 unspecified atom stereocenters. The molecule has 0 radical (unpaired) electrons. The first-order valence-electron chi connectivity index (χ1n) is 8.09. The fraction of sp³-hybridized carbons (Fsp3) is 0.750. The Morgan fingerprint density at radius 3 is 2.38 bits per heavy atom. The lowest BCUT2D eigenvalue weighted by atomic mass is 9.88. The molecule has 1 N–H and O–H groups in total. The molecule has 1 aliphatic carbocycles. The largest absolute Gasteiger partial charge is 0.352 e. The summed E-state index contributed by atoms with van der Waals surface area (Å²) < 4.78 is 0. The van der Waals surface area contributed by atoms with Crippen LogP contribution in [0.2, 0.25) is 0 Å². The van der Waals surface area contributed by atoms with Gasteiger partial charge in [-0.2, -0.15) is 0 Å². The van der Waals surface area contributed by atoms with E-state index in [-0.39, 0.29) is 11.8 Å². The van der Waals surface area contributed by atoms with Gasteiger partial charge in [-0.05, 0) is 12.8 Å². The van der Waals surface area contributed by atoms with Gasteiger partial charge in [0.2, 0.25) is 11.8 Å². The number of amides is 2. The van der Waals surface area contributed by atoms with Crippen molar-refractivity contribution in [1.29, 1.82) is 0 Å². The smallest absolute Gasteiger partial charge is 0.234 e. The van der Waals surface area contributed by atoms with Crippen LogP contribution in [-0.2, 0) is 9.59 Å². The van der Waals surface area contributed by atoms with Crippen molar-refractivity contribution in [3.63, 3.8) is 0 Å². The van der Waals surface area contributed by atoms with Gasteiger partial charge in [-0.25, -0.2) is 0 Å². The zero-order valence-electron chi connectivity index (χ0n) is 12.9. The monoisotopic (exact) mass is 293 g/mol. The van der Waals surface area contributed by atoms with Crippen LogP contribution in [0.25, 0.3) is 0 Å². The normalized spacial score (nSPS) is 21.0. The molecule has 1 saturated carbocycles. The van der Waals surface area contributed by atoms with Gasteiger partial charge in [0.1, 0.15) is 0 Å². The highest BCUT2D eigenvalue weighted by Crippen LogP contribution is 2.25. The van der Waals surface area contributed by atoms with Crippen molar-refractivity contribution in [2.24, 2.45) is 5.92 Å². The highest BCUT2D eigenvalue weighted by atomic mass is 16.2. The highest BCUT2D eigenvalue weighted by Gasteiger charge is 2.28. The fourth-order valence-corrected chi connectivity index (χ4v) is 3.18. The minimum absolute atomic E-state index is 0.0296. The van der Waals surface area contributed by atoms with E-state index in [0.29, 0.717) is 19.0 Å². The lowest BCUT2D eigenvalue weighted by Gasteiger charge is -2.36. The number of hydrogen-bond donors (Lipinski definition) is 1. The molecule has 0 aromatic heterocycles. The summed E-state index contributed by atoms with van der Waals surface area (Å²) in [6.45, 7) is 7.60. The molecule has 2 amide bonds. The number of nitrogens with zero attached hydrogens (tertiary/aromatic N) is 2. The number of rotatable bonds is 5. The number of hydrogen-bond acceptors (Lipinski definition) is 3. The number of carbonyl (C=O) groups excluding carboxylic acids is 2. The molecule has 1 saturated heterocycles. The lowest BCUT2D eigenvalue weighted by Crippen LogP contribution is -2.52. The maximum atomic E-state index is 12.4. The van der Waals surface area contributed by atoms with E-state index in [9.17, 15) is 9.59 Å². The van der Waals surface area contributed by atoms with Crippen LogP contribution in [0.3, 0.4) is 0 Å². The van der Waals surface area contributed by atoms with Gasteiger partial charge in [0.25, 0.3) is 0 Å². The maximum Gasteiger partial charge on any atom is 0.234 e. The molecule has 21 heavy (non-hydrogen) atoms. The van der Waals surface area contributed by atoms with Crippen LogP contribution in [0, 0.1) is 5.92 Å². The third kappa shape index (κ3) is 4.84. The van der Waals surface area contributed by atoms with E-state index in [1.54, 1.807) is 6.08 Å². The number of carbonyl (C=O) groups is 2. The van der Waals surface area contributed by atoms with E-state index in [2.05, 4.69) is 16.8 Å². The molecular formula is C16H27N3O2. The fourth-order valence-electron chi connectivity index (χ4n) is 3.18. The van der Waals surface area contributed by atoms with Crippen molar-refractivity contribution in [2.75, 3.05) is 39.3 Å². The minimum atomic E-state index is 0.0296. The second kappa shape index (κ2) is 8.17. The highest BCUT2D eigenvalue weighted by molar-refractivity contribution is 5.79. The first-order valence-corrected chi connectivity index (χ1v) is 8.09. The second-order valence-electron chi connectivity index (χ2n) is 6.03. The van der Waals surface area contributed by atoms with Gasteiger partial charge < -0.3 is 10.2 Å². The second-order valence-corrected chi connectivity index (χ2v) is 6.03. The molecular weight excluding hydrogens is 266 g/mol. The van der Waals surface area contributed by atoms with E-state index in [4.69, 9.17) is 0 Å². The average Bonchev–Trinajstić information content (AvgIpc) is 2.54. The van der Waals surface area contributed by atoms with Crippen LogP contribution >= 0.6 is 0 Å². The van der Waals surface area contributed by atoms with Crippen LogP contribution in [0.15, 0.2) is 12.7 Å². The zero-order chi connectivity index (χ0) is 15.1. The molecule has 0 aromatic carbocycles. The Morgan fingerprint density at radius 1 is 1.10 bits per heavy atom. The predicted molar refractivity (Wildman–Crippen MR) is 82.8 cm³/mol. The molecule has 0 atom stereocenters. The molecule has 1 heterocycles. The quantitative estimate of drug-likeness (QED) is 0.770. The molecule has 2 rings (SSSR count).